The molecule has 122 valence electrons. The SMILES string of the molecule is O=c1[nH]c2c(Br)cccc2nc1/C=C(\O)c1cccc2ccccc12. The van der Waals surface area contributed by atoms with Crippen molar-refractivity contribution in [1.29, 1.82) is 0 Å². The second kappa shape index (κ2) is 6.18. The number of fused-ring (bicyclic) bond motifs is 2. The third-order valence-corrected chi connectivity index (χ3v) is 4.70. The number of hydrogen-bond acceptors (Lipinski definition) is 3. The van der Waals surface area contributed by atoms with Crippen LogP contribution < -0.4 is 5.56 Å². The van der Waals surface area contributed by atoms with E-state index in [-0.39, 0.29) is 17.0 Å². The van der Waals surface area contributed by atoms with Crippen LogP contribution >= 0.6 is 15.9 Å². The largest absolute Gasteiger partial charge is 0.507 e. The highest BCUT2D eigenvalue weighted by molar-refractivity contribution is 9.10. The van der Waals surface area contributed by atoms with Gasteiger partial charge in [-0.2, -0.15) is 0 Å². The number of para-hydroxylation sites is 1. The zero-order valence-electron chi connectivity index (χ0n) is 13.0. The van der Waals surface area contributed by atoms with Crippen molar-refractivity contribution in [2.24, 2.45) is 0 Å². The van der Waals surface area contributed by atoms with E-state index in [9.17, 15) is 9.90 Å². The fraction of sp³-hybridized carbons (Fsp3) is 0. The van der Waals surface area contributed by atoms with E-state index in [0.29, 0.717) is 16.6 Å². The second-order valence-electron chi connectivity index (χ2n) is 5.64. The molecule has 5 heteroatoms. The summed E-state index contributed by atoms with van der Waals surface area (Å²) in [6.07, 6.45) is 1.40. The number of rotatable bonds is 2. The van der Waals surface area contributed by atoms with Gasteiger partial charge in [0.15, 0.2) is 0 Å². The van der Waals surface area contributed by atoms with E-state index in [1.807, 2.05) is 60.7 Å². The highest BCUT2D eigenvalue weighted by Crippen LogP contribution is 2.25. The van der Waals surface area contributed by atoms with Gasteiger partial charge in [-0.25, -0.2) is 4.98 Å². The minimum absolute atomic E-state index is 0.00384. The number of aromatic nitrogens is 2. The van der Waals surface area contributed by atoms with Gasteiger partial charge in [-0.1, -0.05) is 48.5 Å². The van der Waals surface area contributed by atoms with Crippen LogP contribution in [0, 0.1) is 0 Å². The lowest BCUT2D eigenvalue weighted by Crippen LogP contribution is -2.12. The Morgan fingerprint density at radius 2 is 1.80 bits per heavy atom. The van der Waals surface area contributed by atoms with Crippen molar-refractivity contribution in [3.63, 3.8) is 0 Å². The first-order valence-corrected chi connectivity index (χ1v) is 8.50. The van der Waals surface area contributed by atoms with Gasteiger partial charge < -0.3 is 10.1 Å². The van der Waals surface area contributed by atoms with Crippen LogP contribution in [0.3, 0.4) is 0 Å². The molecular weight excluding hydrogens is 380 g/mol. The molecule has 1 heterocycles. The molecule has 0 saturated heterocycles. The van der Waals surface area contributed by atoms with Gasteiger partial charge in [0, 0.05) is 16.1 Å². The number of aliphatic hydroxyl groups excluding tert-OH is 1. The normalized spacial score (nSPS) is 12.0. The van der Waals surface area contributed by atoms with Crippen molar-refractivity contribution in [2.45, 2.75) is 0 Å². The monoisotopic (exact) mass is 392 g/mol. The summed E-state index contributed by atoms with van der Waals surface area (Å²) < 4.78 is 0.767. The lowest BCUT2D eigenvalue weighted by Gasteiger charge is -2.06. The summed E-state index contributed by atoms with van der Waals surface area (Å²) in [5.41, 5.74) is 1.75. The maximum absolute atomic E-state index is 12.3. The molecule has 3 aromatic carbocycles. The van der Waals surface area contributed by atoms with Gasteiger partial charge in [-0.3, -0.25) is 4.79 Å². The number of H-pyrrole nitrogens is 1. The van der Waals surface area contributed by atoms with Crippen molar-refractivity contribution in [1.82, 2.24) is 9.97 Å². The Labute approximate surface area is 151 Å². The average Bonchev–Trinajstić information content (AvgIpc) is 2.63. The third kappa shape index (κ3) is 2.83. The number of nitrogens with one attached hydrogen (secondary N) is 1. The molecule has 0 unspecified atom stereocenters. The van der Waals surface area contributed by atoms with E-state index in [1.165, 1.54) is 6.08 Å². The van der Waals surface area contributed by atoms with Crippen molar-refractivity contribution in [3.05, 3.63) is 86.7 Å². The van der Waals surface area contributed by atoms with Gasteiger partial charge in [0.25, 0.3) is 5.56 Å². The number of benzene rings is 3. The molecule has 0 spiro atoms. The fourth-order valence-electron chi connectivity index (χ4n) is 2.84. The Bertz CT molecular complexity index is 1190. The minimum atomic E-state index is -0.355. The molecule has 4 aromatic rings. The number of halogens is 1. The van der Waals surface area contributed by atoms with Crippen molar-refractivity contribution >= 4 is 49.6 Å². The maximum Gasteiger partial charge on any atom is 0.274 e. The lowest BCUT2D eigenvalue weighted by atomic mass is 10.0. The van der Waals surface area contributed by atoms with Crippen LogP contribution in [0.1, 0.15) is 11.3 Å². The number of hydrogen-bond donors (Lipinski definition) is 2. The summed E-state index contributed by atoms with van der Waals surface area (Å²) in [5, 5.41) is 12.5. The molecule has 2 N–H and O–H groups in total. The molecule has 0 saturated carbocycles. The first kappa shape index (κ1) is 15.6. The van der Waals surface area contributed by atoms with Gasteiger partial charge in [0.2, 0.25) is 0 Å². The Balaban J connectivity index is 1.89. The molecule has 4 nitrogen and oxygen atoms in total. The zero-order valence-corrected chi connectivity index (χ0v) is 14.6. The van der Waals surface area contributed by atoms with Crippen LogP contribution in [0.25, 0.3) is 33.6 Å². The number of aromatic amines is 1. The topological polar surface area (TPSA) is 66.0 Å². The molecule has 25 heavy (non-hydrogen) atoms. The van der Waals surface area contributed by atoms with Gasteiger partial charge in [-0.15, -0.1) is 0 Å². The van der Waals surface area contributed by atoms with E-state index in [0.717, 1.165) is 15.2 Å². The predicted octanol–water partition coefficient (Wildman–Crippen LogP) is 4.89. The zero-order chi connectivity index (χ0) is 17.4. The predicted molar refractivity (Wildman–Crippen MR) is 105 cm³/mol. The molecule has 0 aliphatic carbocycles. The van der Waals surface area contributed by atoms with Crippen LogP contribution in [0.4, 0.5) is 0 Å². The first-order valence-electron chi connectivity index (χ1n) is 7.71. The molecular formula is C20H13BrN2O2. The molecule has 0 radical (unpaired) electrons. The summed E-state index contributed by atoms with van der Waals surface area (Å²) in [6, 6.07) is 18.9. The van der Waals surface area contributed by atoms with E-state index < -0.39 is 0 Å². The molecule has 0 aliphatic heterocycles. The molecule has 0 amide bonds. The van der Waals surface area contributed by atoms with E-state index in [2.05, 4.69) is 25.9 Å². The first-order chi connectivity index (χ1) is 12.1. The Morgan fingerprint density at radius 3 is 2.68 bits per heavy atom. The highest BCUT2D eigenvalue weighted by Gasteiger charge is 2.09. The van der Waals surface area contributed by atoms with Crippen molar-refractivity contribution < 1.29 is 5.11 Å². The summed E-state index contributed by atoms with van der Waals surface area (Å²) >= 11 is 3.40. The van der Waals surface area contributed by atoms with Crippen LogP contribution in [-0.2, 0) is 0 Å². The van der Waals surface area contributed by atoms with E-state index >= 15 is 0 Å². The molecule has 0 aliphatic rings. The van der Waals surface area contributed by atoms with Crippen molar-refractivity contribution in [2.75, 3.05) is 0 Å². The smallest absolute Gasteiger partial charge is 0.274 e. The number of nitrogens with zero attached hydrogens (tertiary/aromatic N) is 1. The fourth-order valence-corrected chi connectivity index (χ4v) is 3.30. The van der Waals surface area contributed by atoms with Crippen LogP contribution in [0.5, 0.6) is 0 Å². The van der Waals surface area contributed by atoms with Crippen LogP contribution in [0.2, 0.25) is 0 Å². The summed E-state index contributed by atoms with van der Waals surface area (Å²) in [7, 11) is 0. The van der Waals surface area contributed by atoms with Crippen molar-refractivity contribution in [3.8, 4) is 0 Å². The van der Waals surface area contributed by atoms with Gasteiger partial charge >= 0.3 is 0 Å². The molecule has 0 atom stereocenters. The van der Waals surface area contributed by atoms with E-state index in [4.69, 9.17) is 0 Å². The molecule has 0 bridgehead atoms. The van der Waals surface area contributed by atoms with Gasteiger partial charge in [-0.05, 0) is 38.8 Å². The lowest BCUT2D eigenvalue weighted by molar-refractivity contribution is 0.516. The highest BCUT2D eigenvalue weighted by atomic mass is 79.9. The Kier molecular flexibility index (Phi) is 3.86. The quantitative estimate of drug-likeness (QED) is 0.477. The average molecular weight is 393 g/mol. The van der Waals surface area contributed by atoms with Crippen LogP contribution in [0.15, 0.2) is 69.9 Å². The number of aliphatic hydroxyl groups is 1. The van der Waals surface area contributed by atoms with Crippen LogP contribution in [-0.4, -0.2) is 15.1 Å². The summed E-state index contributed by atoms with van der Waals surface area (Å²) in [4.78, 5) is 19.5. The Hall–Kier alpha value is -2.92. The van der Waals surface area contributed by atoms with Gasteiger partial charge in [0.05, 0.1) is 11.0 Å². The molecule has 0 fully saturated rings. The summed E-state index contributed by atoms with van der Waals surface area (Å²) in [6.45, 7) is 0. The molecule has 1 aromatic heterocycles. The van der Waals surface area contributed by atoms with E-state index in [1.54, 1.807) is 0 Å². The van der Waals surface area contributed by atoms with Gasteiger partial charge in [0.1, 0.15) is 11.5 Å². The standard InChI is InChI=1S/C20H13BrN2O2/c21-15-9-4-10-16-19(15)23-20(25)17(22-16)11-18(24)14-8-3-6-12-5-1-2-7-13(12)14/h1-11,24H,(H,23,25)/b18-11-. The minimum Gasteiger partial charge on any atom is -0.507 e. The summed E-state index contributed by atoms with van der Waals surface area (Å²) in [5.74, 6) is 0.00384. The molecule has 4 rings (SSSR count). The third-order valence-electron chi connectivity index (χ3n) is 4.04. The maximum atomic E-state index is 12.3. The Morgan fingerprint density at radius 1 is 1.04 bits per heavy atom. The second-order valence-corrected chi connectivity index (χ2v) is 6.50.